The number of nitrogens with one attached hydrogen (secondary N) is 1. The molecule has 0 saturated heterocycles. The average molecular weight is 258 g/mol. The zero-order chi connectivity index (χ0) is 14.0. The Morgan fingerprint density at radius 1 is 1.22 bits per heavy atom. The molecule has 0 saturated carbocycles. The summed E-state index contributed by atoms with van der Waals surface area (Å²) in [5, 5.41) is 2.58. The second-order valence-corrected chi connectivity index (χ2v) is 3.78. The molecule has 18 heavy (non-hydrogen) atoms. The molecule has 2 amide bonds. The molecule has 1 N–H and O–H groups in total. The van der Waals surface area contributed by atoms with Gasteiger partial charge in [-0.2, -0.15) is 0 Å². The highest BCUT2D eigenvalue weighted by molar-refractivity contribution is 5.96. The number of nitrogens with zero attached hydrogens (tertiary/aromatic N) is 1. The second-order valence-electron chi connectivity index (χ2n) is 3.78. The molecule has 6 nitrogen and oxygen atoms in total. The number of carbonyl (C=O) groups excluding carboxylic acids is 3. The molecular weight excluding hydrogens is 236 g/mol. The Labute approximate surface area is 108 Å². The van der Waals surface area contributed by atoms with Gasteiger partial charge in [-0.3, -0.25) is 14.4 Å². The van der Waals surface area contributed by atoms with Crippen molar-refractivity contribution < 1.29 is 19.1 Å². The molecule has 0 aromatic heterocycles. The van der Waals surface area contributed by atoms with E-state index in [1.807, 2.05) is 6.92 Å². The van der Waals surface area contributed by atoms with E-state index in [0.29, 0.717) is 26.1 Å². The van der Waals surface area contributed by atoms with Crippen LogP contribution in [0.15, 0.2) is 0 Å². The lowest BCUT2D eigenvalue weighted by atomic mass is 10.2. The van der Waals surface area contributed by atoms with Gasteiger partial charge in [-0.25, -0.2) is 0 Å². The number of methoxy groups -OCH3 is 1. The van der Waals surface area contributed by atoms with Crippen molar-refractivity contribution in [2.24, 2.45) is 0 Å². The zero-order valence-corrected chi connectivity index (χ0v) is 11.3. The Kier molecular flexibility index (Phi) is 8.61. The third-order valence-corrected chi connectivity index (χ3v) is 2.46. The molecule has 0 aliphatic rings. The van der Waals surface area contributed by atoms with Crippen molar-refractivity contribution in [3.63, 3.8) is 0 Å². The van der Waals surface area contributed by atoms with Gasteiger partial charge in [0.05, 0.1) is 7.11 Å². The third kappa shape index (κ3) is 6.88. The lowest BCUT2D eigenvalue weighted by Gasteiger charge is -2.20. The smallest absolute Gasteiger partial charge is 0.305 e. The van der Waals surface area contributed by atoms with Gasteiger partial charge in [-0.05, 0) is 20.3 Å². The van der Waals surface area contributed by atoms with E-state index in [1.165, 1.54) is 7.11 Å². The number of hydrogen-bond acceptors (Lipinski definition) is 4. The molecule has 6 heteroatoms. The molecule has 0 aliphatic carbocycles. The molecule has 0 aliphatic heterocycles. The number of amides is 2. The topological polar surface area (TPSA) is 75.7 Å². The number of carbonyl (C=O) groups is 3. The summed E-state index contributed by atoms with van der Waals surface area (Å²) < 4.78 is 4.52. The van der Waals surface area contributed by atoms with Crippen molar-refractivity contribution >= 4 is 17.8 Å². The Bertz CT molecular complexity index is 292. The molecule has 0 aromatic rings. The Morgan fingerprint density at radius 3 is 2.39 bits per heavy atom. The monoisotopic (exact) mass is 258 g/mol. The first kappa shape index (κ1) is 16.4. The Morgan fingerprint density at radius 2 is 1.89 bits per heavy atom. The van der Waals surface area contributed by atoms with Crippen LogP contribution in [0.1, 0.15) is 33.1 Å². The van der Waals surface area contributed by atoms with Gasteiger partial charge in [0, 0.05) is 26.1 Å². The lowest BCUT2D eigenvalue weighted by molar-refractivity contribution is -0.142. The van der Waals surface area contributed by atoms with E-state index >= 15 is 0 Å². The lowest BCUT2D eigenvalue weighted by Crippen LogP contribution is -2.36. The zero-order valence-electron chi connectivity index (χ0n) is 11.3. The molecule has 0 atom stereocenters. The first-order chi connectivity index (χ1) is 8.54. The van der Waals surface area contributed by atoms with Gasteiger partial charge < -0.3 is 15.0 Å². The fraction of sp³-hybridized carbons (Fsp3) is 0.750. The molecule has 0 heterocycles. The largest absolute Gasteiger partial charge is 0.469 e. The molecule has 0 fully saturated rings. The normalized spacial score (nSPS) is 9.72. The number of esters is 1. The van der Waals surface area contributed by atoms with Crippen LogP contribution in [-0.2, 0) is 19.1 Å². The van der Waals surface area contributed by atoms with Gasteiger partial charge in [0.15, 0.2) is 0 Å². The minimum Gasteiger partial charge on any atom is -0.469 e. The molecule has 104 valence electrons. The van der Waals surface area contributed by atoms with E-state index in [2.05, 4.69) is 10.1 Å². The fourth-order valence-electron chi connectivity index (χ4n) is 1.48. The highest BCUT2D eigenvalue weighted by atomic mass is 16.5. The van der Waals surface area contributed by atoms with E-state index in [1.54, 1.807) is 11.8 Å². The molecule has 0 bridgehead atoms. The molecule has 0 aromatic carbocycles. The van der Waals surface area contributed by atoms with Gasteiger partial charge in [0.2, 0.25) is 11.8 Å². The third-order valence-electron chi connectivity index (χ3n) is 2.46. The summed E-state index contributed by atoms with van der Waals surface area (Å²) in [6.45, 7) is 5.15. The first-order valence-electron chi connectivity index (χ1n) is 6.16. The van der Waals surface area contributed by atoms with Crippen molar-refractivity contribution in [1.29, 1.82) is 0 Å². The highest BCUT2D eigenvalue weighted by Gasteiger charge is 2.15. The summed E-state index contributed by atoms with van der Waals surface area (Å²) in [6.07, 6.45) is 0.684. The molecule has 0 radical (unpaired) electrons. The van der Waals surface area contributed by atoms with E-state index in [-0.39, 0.29) is 30.6 Å². The average Bonchev–Trinajstić information content (AvgIpc) is 2.34. The maximum Gasteiger partial charge on any atom is 0.305 e. The van der Waals surface area contributed by atoms with Crippen molar-refractivity contribution in [2.45, 2.75) is 33.1 Å². The van der Waals surface area contributed by atoms with E-state index < -0.39 is 0 Å². The van der Waals surface area contributed by atoms with Crippen LogP contribution in [0.2, 0.25) is 0 Å². The van der Waals surface area contributed by atoms with Crippen LogP contribution in [0.3, 0.4) is 0 Å². The highest BCUT2D eigenvalue weighted by Crippen LogP contribution is 2.00. The van der Waals surface area contributed by atoms with Crippen molar-refractivity contribution in [1.82, 2.24) is 10.2 Å². The van der Waals surface area contributed by atoms with Crippen LogP contribution in [0, 0.1) is 0 Å². The number of ether oxygens (including phenoxy) is 1. The summed E-state index contributed by atoms with van der Waals surface area (Å²) in [7, 11) is 1.33. The SMILES string of the molecule is CCNC(=O)CC(=O)N(CC)CCCC(=O)OC. The second kappa shape index (κ2) is 9.44. The molecule has 0 unspecified atom stereocenters. The molecule has 0 rings (SSSR count). The Balaban J connectivity index is 4.03. The van der Waals surface area contributed by atoms with E-state index in [0.717, 1.165) is 0 Å². The molecular formula is C12H22N2O4. The minimum atomic E-state index is -0.290. The van der Waals surface area contributed by atoms with Crippen LogP contribution < -0.4 is 5.32 Å². The summed E-state index contributed by atoms with van der Waals surface area (Å²) >= 11 is 0. The van der Waals surface area contributed by atoms with Crippen LogP contribution >= 0.6 is 0 Å². The summed E-state index contributed by atoms with van der Waals surface area (Å²) in [5.41, 5.74) is 0. The Hall–Kier alpha value is -1.59. The quantitative estimate of drug-likeness (QED) is 0.502. The van der Waals surface area contributed by atoms with Gasteiger partial charge in [0.1, 0.15) is 6.42 Å². The van der Waals surface area contributed by atoms with Gasteiger partial charge >= 0.3 is 5.97 Å². The predicted octanol–water partition coefficient (Wildman–Crippen LogP) is 0.314. The maximum absolute atomic E-state index is 11.8. The number of rotatable bonds is 8. The summed E-state index contributed by atoms with van der Waals surface area (Å²) in [6, 6.07) is 0. The van der Waals surface area contributed by atoms with E-state index in [9.17, 15) is 14.4 Å². The van der Waals surface area contributed by atoms with Crippen molar-refractivity contribution in [2.75, 3.05) is 26.7 Å². The maximum atomic E-state index is 11.8. The van der Waals surface area contributed by atoms with Crippen LogP contribution in [0.5, 0.6) is 0 Å². The van der Waals surface area contributed by atoms with Crippen LogP contribution in [0.25, 0.3) is 0 Å². The van der Waals surface area contributed by atoms with Crippen molar-refractivity contribution in [3.8, 4) is 0 Å². The first-order valence-corrected chi connectivity index (χ1v) is 6.16. The summed E-state index contributed by atoms with van der Waals surface area (Å²) in [5.74, 6) is -0.774. The molecule has 0 spiro atoms. The van der Waals surface area contributed by atoms with E-state index in [4.69, 9.17) is 0 Å². The van der Waals surface area contributed by atoms with Crippen molar-refractivity contribution in [3.05, 3.63) is 0 Å². The predicted molar refractivity (Wildman–Crippen MR) is 66.8 cm³/mol. The fourth-order valence-corrected chi connectivity index (χ4v) is 1.48. The minimum absolute atomic E-state index is 0.139. The standard InChI is InChI=1S/C12H22N2O4/c1-4-13-10(15)9-11(16)14(5-2)8-6-7-12(17)18-3/h4-9H2,1-3H3,(H,13,15). The van der Waals surface area contributed by atoms with Gasteiger partial charge in [-0.15, -0.1) is 0 Å². The number of hydrogen-bond donors (Lipinski definition) is 1. The van der Waals surface area contributed by atoms with Gasteiger partial charge in [-0.1, -0.05) is 0 Å². The summed E-state index contributed by atoms with van der Waals surface area (Å²) in [4.78, 5) is 35.5. The van der Waals surface area contributed by atoms with Crippen LogP contribution in [0.4, 0.5) is 0 Å². The van der Waals surface area contributed by atoms with Gasteiger partial charge in [0.25, 0.3) is 0 Å². The van der Waals surface area contributed by atoms with Crippen LogP contribution in [-0.4, -0.2) is 49.4 Å².